The Kier molecular flexibility index (Phi) is 5.91. The number of anilines is 1. The van der Waals surface area contributed by atoms with Crippen molar-refractivity contribution in [3.8, 4) is 0 Å². The van der Waals surface area contributed by atoms with E-state index in [1.54, 1.807) is 18.3 Å². The molecule has 1 aliphatic carbocycles. The van der Waals surface area contributed by atoms with Crippen LogP contribution in [0.25, 0.3) is 10.9 Å². The molecule has 3 N–H and O–H groups in total. The fraction of sp³-hybridized carbons (Fsp3) is 0.500. The van der Waals surface area contributed by atoms with Crippen LogP contribution in [0, 0.1) is 0 Å². The van der Waals surface area contributed by atoms with Crippen LogP contribution in [-0.2, 0) is 9.84 Å². The molecule has 0 aliphatic heterocycles. The molecule has 27 heavy (non-hydrogen) atoms. The number of hydrogen-bond donors (Lipinski definition) is 3. The van der Waals surface area contributed by atoms with Gasteiger partial charge >= 0.3 is 0 Å². The Morgan fingerprint density at radius 1 is 1.26 bits per heavy atom. The zero-order chi connectivity index (χ0) is 19.4. The molecule has 1 amide bonds. The summed E-state index contributed by atoms with van der Waals surface area (Å²) in [5.74, 6) is -0.0336. The predicted octanol–water partition coefficient (Wildman–Crippen LogP) is 1.12. The minimum atomic E-state index is -3.14. The number of aliphatic hydroxyl groups is 1. The van der Waals surface area contributed by atoms with Crippen LogP contribution < -0.4 is 10.6 Å². The minimum absolute atomic E-state index is 0.0502. The van der Waals surface area contributed by atoms with E-state index in [-0.39, 0.29) is 30.4 Å². The number of carbonyl (C=O) groups excluding carboxylic acids is 1. The zero-order valence-corrected chi connectivity index (χ0v) is 16.0. The molecule has 1 aromatic carbocycles. The highest BCUT2D eigenvalue weighted by Crippen LogP contribution is 2.22. The van der Waals surface area contributed by atoms with Crippen molar-refractivity contribution in [3.63, 3.8) is 0 Å². The molecule has 0 spiro atoms. The summed E-state index contributed by atoms with van der Waals surface area (Å²) in [7, 11) is -3.14. The number of sulfone groups is 1. The fourth-order valence-electron chi connectivity index (χ4n) is 3.16. The molecule has 0 saturated heterocycles. The molecule has 0 radical (unpaired) electrons. The summed E-state index contributed by atoms with van der Waals surface area (Å²) in [6.45, 7) is 0.0502. The number of fused-ring (bicyclic) bond motifs is 1. The maximum atomic E-state index is 12.5. The molecule has 1 aliphatic rings. The smallest absolute Gasteiger partial charge is 0.253 e. The van der Waals surface area contributed by atoms with Gasteiger partial charge in [0.25, 0.3) is 5.91 Å². The molecule has 146 valence electrons. The van der Waals surface area contributed by atoms with Gasteiger partial charge in [0.2, 0.25) is 5.95 Å². The Labute approximate surface area is 158 Å². The molecular formula is C18H24N4O4S. The van der Waals surface area contributed by atoms with Gasteiger partial charge in [-0.2, -0.15) is 0 Å². The van der Waals surface area contributed by atoms with Crippen LogP contribution in [0.4, 0.5) is 5.95 Å². The Hall–Kier alpha value is -2.26. The van der Waals surface area contributed by atoms with Crippen molar-refractivity contribution in [2.24, 2.45) is 0 Å². The van der Waals surface area contributed by atoms with Crippen LogP contribution in [0.5, 0.6) is 0 Å². The summed E-state index contributed by atoms with van der Waals surface area (Å²) in [5.41, 5.74) is 0.896. The van der Waals surface area contributed by atoms with Gasteiger partial charge in [-0.05, 0) is 31.7 Å². The number of aliphatic hydroxyl groups excluding tert-OH is 1. The number of nitrogens with zero attached hydrogens (tertiary/aromatic N) is 2. The second-order valence-electron chi connectivity index (χ2n) is 6.97. The van der Waals surface area contributed by atoms with E-state index in [0.717, 1.165) is 37.3 Å². The largest absolute Gasteiger partial charge is 0.393 e. The van der Waals surface area contributed by atoms with Gasteiger partial charge < -0.3 is 15.7 Å². The summed E-state index contributed by atoms with van der Waals surface area (Å²) in [5, 5.41) is 16.2. The molecule has 1 saturated carbocycles. The molecule has 1 heterocycles. The van der Waals surface area contributed by atoms with Crippen molar-refractivity contribution >= 4 is 32.6 Å². The second kappa shape index (κ2) is 8.18. The Balaban J connectivity index is 1.76. The molecule has 0 bridgehead atoms. The number of benzene rings is 1. The average molecular weight is 392 g/mol. The quantitative estimate of drug-likeness (QED) is 0.673. The maximum Gasteiger partial charge on any atom is 0.253 e. The van der Waals surface area contributed by atoms with Crippen LogP contribution in [-0.4, -0.2) is 60.1 Å². The van der Waals surface area contributed by atoms with Crippen LogP contribution in [0.2, 0.25) is 0 Å². The number of para-hydroxylation sites is 1. The number of aromatic nitrogens is 2. The van der Waals surface area contributed by atoms with E-state index in [1.807, 2.05) is 6.07 Å². The lowest BCUT2D eigenvalue weighted by molar-refractivity contribution is 0.0957. The van der Waals surface area contributed by atoms with Crippen molar-refractivity contribution in [2.75, 3.05) is 23.9 Å². The molecule has 8 nitrogen and oxygen atoms in total. The third kappa shape index (κ3) is 5.36. The maximum absolute atomic E-state index is 12.5. The topological polar surface area (TPSA) is 121 Å². The van der Waals surface area contributed by atoms with Crippen molar-refractivity contribution in [2.45, 2.75) is 37.8 Å². The van der Waals surface area contributed by atoms with Crippen molar-refractivity contribution in [3.05, 3.63) is 30.0 Å². The van der Waals surface area contributed by atoms with Gasteiger partial charge in [0, 0.05) is 30.4 Å². The van der Waals surface area contributed by atoms with E-state index in [2.05, 4.69) is 20.6 Å². The van der Waals surface area contributed by atoms with Crippen molar-refractivity contribution in [1.29, 1.82) is 0 Å². The Morgan fingerprint density at radius 2 is 2.00 bits per heavy atom. The molecule has 1 fully saturated rings. The van der Waals surface area contributed by atoms with Gasteiger partial charge in [-0.15, -0.1) is 0 Å². The minimum Gasteiger partial charge on any atom is -0.393 e. The number of carbonyl (C=O) groups is 1. The van der Waals surface area contributed by atoms with Gasteiger partial charge in [0.05, 0.1) is 22.9 Å². The highest BCUT2D eigenvalue weighted by atomic mass is 32.2. The van der Waals surface area contributed by atoms with Crippen LogP contribution in [0.3, 0.4) is 0 Å². The van der Waals surface area contributed by atoms with E-state index >= 15 is 0 Å². The van der Waals surface area contributed by atoms with E-state index < -0.39 is 9.84 Å². The predicted molar refractivity (Wildman–Crippen MR) is 103 cm³/mol. The molecule has 3 rings (SSSR count). The first kappa shape index (κ1) is 19.5. The van der Waals surface area contributed by atoms with E-state index in [4.69, 9.17) is 0 Å². The highest BCUT2D eigenvalue weighted by Gasteiger charge is 2.20. The fourth-order valence-corrected chi connectivity index (χ4v) is 3.63. The highest BCUT2D eigenvalue weighted by molar-refractivity contribution is 7.90. The van der Waals surface area contributed by atoms with E-state index in [9.17, 15) is 18.3 Å². The molecular weight excluding hydrogens is 368 g/mol. The van der Waals surface area contributed by atoms with Crippen LogP contribution in [0.1, 0.15) is 36.0 Å². The number of hydrogen-bond acceptors (Lipinski definition) is 7. The third-order valence-electron chi connectivity index (χ3n) is 4.64. The lowest BCUT2D eigenvalue weighted by atomic mass is 9.93. The first-order valence-corrected chi connectivity index (χ1v) is 11.0. The van der Waals surface area contributed by atoms with E-state index in [1.165, 1.54) is 0 Å². The summed E-state index contributed by atoms with van der Waals surface area (Å²) in [6, 6.07) is 5.42. The zero-order valence-electron chi connectivity index (χ0n) is 15.2. The summed E-state index contributed by atoms with van der Waals surface area (Å²) in [4.78, 5) is 21.3. The average Bonchev–Trinajstić information content (AvgIpc) is 2.62. The number of amides is 1. The number of nitrogens with one attached hydrogen (secondary N) is 2. The van der Waals surface area contributed by atoms with Crippen molar-refractivity contribution in [1.82, 2.24) is 15.3 Å². The molecule has 2 aromatic rings. The molecule has 9 heteroatoms. The first-order valence-electron chi connectivity index (χ1n) is 8.98. The van der Waals surface area contributed by atoms with Gasteiger partial charge in [0.1, 0.15) is 9.84 Å². The lowest BCUT2D eigenvalue weighted by Gasteiger charge is -2.26. The monoisotopic (exact) mass is 392 g/mol. The second-order valence-corrected chi connectivity index (χ2v) is 9.23. The standard InChI is InChI=1S/C18H24N4O4S/c1-27(25,26)10-9-19-17(24)15-4-2-3-12-11-20-18(22-16(12)15)21-13-5-7-14(23)8-6-13/h2-4,11,13-14,23H,5-10H2,1H3,(H,19,24)(H,20,21,22). The summed E-state index contributed by atoms with van der Waals surface area (Å²) >= 11 is 0. The Bertz CT molecular complexity index is 924. The SMILES string of the molecule is CS(=O)(=O)CCNC(=O)c1cccc2cnc(NC3CCC(O)CC3)nc12. The molecule has 1 aromatic heterocycles. The van der Waals surface area contributed by atoms with Crippen LogP contribution >= 0.6 is 0 Å². The number of rotatable bonds is 6. The van der Waals surface area contributed by atoms with Crippen molar-refractivity contribution < 1.29 is 18.3 Å². The summed E-state index contributed by atoms with van der Waals surface area (Å²) < 4.78 is 22.4. The third-order valence-corrected chi connectivity index (χ3v) is 5.59. The molecule has 0 unspecified atom stereocenters. The summed E-state index contributed by atoms with van der Waals surface area (Å²) in [6.07, 6.45) is 5.75. The van der Waals surface area contributed by atoms with E-state index in [0.29, 0.717) is 17.0 Å². The lowest BCUT2D eigenvalue weighted by Crippen LogP contribution is -2.29. The van der Waals surface area contributed by atoms with Gasteiger partial charge in [-0.3, -0.25) is 4.79 Å². The van der Waals surface area contributed by atoms with Gasteiger partial charge in [-0.25, -0.2) is 18.4 Å². The van der Waals surface area contributed by atoms with Gasteiger partial charge in [0.15, 0.2) is 0 Å². The molecule has 0 atom stereocenters. The Morgan fingerprint density at radius 3 is 2.70 bits per heavy atom. The first-order chi connectivity index (χ1) is 12.8. The van der Waals surface area contributed by atoms with Gasteiger partial charge in [-0.1, -0.05) is 12.1 Å². The normalized spacial score (nSPS) is 20.4. The van der Waals surface area contributed by atoms with Crippen LogP contribution in [0.15, 0.2) is 24.4 Å².